The van der Waals surface area contributed by atoms with Crippen molar-refractivity contribution < 1.29 is 13.5 Å². The number of likely N-dealkylation sites (N-methyl/N-ethyl adjacent to an activating group) is 1. The van der Waals surface area contributed by atoms with Crippen LogP contribution in [0.15, 0.2) is 17.2 Å². The van der Waals surface area contributed by atoms with Crippen LogP contribution < -0.4 is 0 Å². The van der Waals surface area contributed by atoms with E-state index >= 15 is 0 Å². The topological polar surface area (TPSA) is 65.8 Å². The van der Waals surface area contributed by atoms with Gasteiger partial charge in [0.15, 0.2) is 0 Å². The normalized spacial score (nSPS) is 22.3. The minimum Gasteiger partial charge on any atom is -0.390 e. The molecular formula is C13H23N3O3S. The smallest absolute Gasteiger partial charge is 0.244 e. The number of hydrogen-bond donors (Lipinski definition) is 1. The lowest BCUT2D eigenvalue weighted by molar-refractivity contribution is 0.135. The Hall–Kier alpha value is -0.890. The number of aryl methyl sites for hydroxylation is 1. The monoisotopic (exact) mass is 301 g/mol. The van der Waals surface area contributed by atoms with E-state index in [1.165, 1.54) is 0 Å². The predicted molar refractivity (Wildman–Crippen MR) is 76.8 cm³/mol. The molecule has 2 heterocycles. The Balaban J connectivity index is 2.22. The van der Waals surface area contributed by atoms with Crippen LogP contribution in [-0.2, 0) is 23.7 Å². The molecule has 1 fully saturated rings. The molecule has 1 aromatic rings. The van der Waals surface area contributed by atoms with E-state index < -0.39 is 10.0 Å². The summed E-state index contributed by atoms with van der Waals surface area (Å²) in [5.74, 6) is 0. The molecule has 20 heavy (non-hydrogen) atoms. The molecule has 2 rings (SSSR count). The Morgan fingerprint density at radius 1 is 1.40 bits per heavy atom. The molecule has 0 saturated carbocycles. The second-order valence-electron chi connectivity index (χ2n) is 5.28. The quantitative estimate of drug-likeness (QED) is 0.865. The second kappa shape index (κ2) is 5.85. The lowest BCUT2D eigenvalue weighted by atomic mass is 10.2. The molecule has 7 heteroatoms. The van der Waals surface area contributed by atoms with E-state index in [-0.39, 0.29) is 17.5 Å². The first kappa shape index (κ1) is 15.5. The van der Waals surface area contributed by atoms with Gasteiger partial charge in [0.25, 0.3) is 0 Å². The molecule has 0 spiro atoms. The van der Waals surface area contributed by atoms with Gasteiger partial charge in [-0.15, -0.1) is 0 Å². The lowest BCUT2D eigenvalue weighted by Gasteiger charge is -2.38. The average molecular weight is 301 g/mol. The number of aliphatic hydroxyl groups excluding tert-OH is 1. The number of rotatable bonds is 4. The largest absolute Gasteiger partial charge is 0.390 e. The Morgan fingerprint density at radius 2 is 2.10 bits per heavy atom. The maximum Gasteiger partial charge on any atom is 0.244 e. The fraction of sp³-hybridized carbons (Fsp3) is 0.692. The highest BCUT2D eigenvalue weighted by atomic mass is 32.2. The molecule has 1 unspecified atom stereocenters. The zero-order valence-corrected chi connectivity index (χ0v) is 13.1. The fourth-order valence-corrected chi connectivity index (χ4v) is 4.28. The van der Waals surface area contributed by atoms with Gasteiger partial charge in [-0.2, -0.15) is 4.31 Å². The molecule has 0 bridgehead atoms. The van der Waals surface area contributed by atoms with Gasteiger partial charge >= 0.3 is 0 Å². The minimum absolute atomic E-state index is 0.161. The average Bonchev–Trinajstić information content (AvgIpc) is 2.80. The summed E-state index contributed by atoms with van der Waals surface area (Å²) in [6, 6.07) is 1.77. The minimum atomic E-state index is -3.46. The van der Waals surface area contributed by atoms with Crippen molar-refractivity contribution >= 4 is 10.0 Å². The number of hydrogen-bond acceptors (Lipinski definition) is 4. The van der Waals surface area contributed by atoms with Crippen molar-refractivity contribution in [3.8, 4) is 0 Å². The van der Waals surface area contributed by atoms with E-state index in [2.05, 4.69) is 18.7 Å². The van der Waals surface area contributed by atoms with Crippen molar-refractivity contribution in [2.45, 2.75) is 31.4 Å². The van der Waals surface area contributed by atoms with Crippen molar-refractivity contribution in [1.82, 2.24) is 13.8 Å². The lowest BCUT2D eigenvalue weighted by Crippen LogP contribution is -2.53. The molecule has 0 radical (unpaired) electrons. The van der Waals surface area contributed by atoms with Gasteiger partial charge in [-0.1, -0.05) is 6.92 Å². The molecule has 1 saturated heterocycles. The number of nitrogens with zero attached hydrogens (tertiary/aromatic N) is 3. The van der Waals surface area contributed by atoms with Gasteiger partial charge in [-0.3, -0.25) is 4.90 Å². The van der Waals surface area contributed by atoms with Gasteiger partial charge in [0.1, 0.15) is 4.90 Å². The van der Waals surface area contributed by atoms with E-state index in [1.807, 2.05) is 0 Å². The highest BCUT2D eigenvalue weighted by Gasteiger charge is 2.32. The molecule has 0 aromatic carbocycles. The first-order valence-electron chi connectivity index (χ1n) is 6.90. The molecular weight excluding hydrogens is 278 g/mol. The molecule has 1 aliphatic rings. The van der Waals surface area contributed by atoms with Gasteiger partial charge < -0.3 is 9.67 Å². The van der Waals surface area contributed by atoms with Crippen LogP contribution in [0.2, 0.25) is 0 Å². The van der Waals surface area contributed by atoms with Crippen LogP contribution in [0, 0.1) is 0 Å². The van der Waals surface area contributed by atoms with Crippen LogP contribution in [0.3, 0.4) is 0 Å². The maximum absolute atomic E-state index is 12.6. The third kappa shape index (κ3) is 2.76. The number of piperazine rings is 1. The Bertz CT molecular complexity index is 567. The van der Waals surface area contributed by atoms with E-state index in [0.29, 0.717) is 18.8 Å². The number of sulfonamides is 1. The van der Waals surface area contributed by atoms with Crippen LogP contribution in [0.4, 0.5) is 0 Å². The van der Waals surface area contributed by atoms with Crippen molar-refractivity contribution in [3.63, 3.8) is 0 Å². The highest BCUT2D eigenvalue weighted by molar-refractivity contribution is 7.89. The van der Waals surface area contributed by atoms with Crippen LogP contribution in [0.5, 0.6) is 0 Å². The van der Waals surface area contributed by atoms with Gasteiger partial charge in [0.05, 0.1) is 6.61 Å². The summed E-state index contributed by atoms with van der Waals surface area (Å²) in [6.45, 7) is 6.71. The molecule has 0 aliphatic carbocycles. The summed E-state index contributed by atoms with van der Waals surface area (Å²) in [5, 5.41) is 9.18. The van der Waals surface area contributed by atoms with Crippen LogP contribution in [-0.4, -0.2) is 59.5 Å². The van der Waals surface area contributed by atoms with Crippen molar-refractivity contribution in [2.75, 3.05) is 26.2 Å². The molecule has 1 aliphatic heterocycles. The SMILES string of the molecule is CCN1CCN(S(=O)(=O)c2cc(CO)n(C)c2)CC1C. The predicted octanol–water partition coefficient (Wildman–Crippen LogP) is 0.232. The van der Waals surface area contributed by atoms with Crippen molar-refractivity contribution in [1.29, 1.82) is 0 Å². The number of aliphatic hydroxyl groups is 1. The van der Waals surface area contributed by atoms with E-state index in [9.17, 15) is 13.5 Å². The Kier molecular flexibility index (Phi) is 4.53. The van der Waals surface area contributed by atoms with Gasteiger partial charge in [-0.05, 0) is 19.5 Å². The third-order valence-electron chi connectivity index (χ3n) is 4.02. The van der Waals surface area contributed by atoms with Crippen molar-refractivity contribution in [2.24, 2.45) is 7.05 Å². The van der Waals surface area contributed by atoms with Crippen molar-refractivity contribution in [3.05, 3.63) is 18.0 Å². The van der Waals surface area contributed by atoms with E-state index in [4.69, 9.17) is 0 Å². The van der Waals surface area contributed by atoms with E-state index in [1.54, 1.807) is 28.2 Å². The molecule has 0 amide bonds. The summed E-state index contributed by atoms with van der Waals surface area (Å²) >= 11 is 0. The first-order chi connectivity index (χ1) is 9.40. The van der Waals surface area contributed by atoms with Gasteiger partial charge in [0.2, 0.25) is 10.0 Å². The summed E-state index contributed by atoms with van der Waals surface area (Å²) in [6.07, 6.45) is 1.57. The zero-order valence-electron chi connectivity index (χ0n) is 12.3. The first-order valence-corrected chi connectivity index (χ1v) is 8.34. The van der Waals surface area contributed by atoms with Crippen LogP contribution in [0.25, 0.3) is 0 Å². The molecule has 6 nitrogen and oxygen atoms in total. The summed E-state index contributed by atoms with van der Waals surface area (Å²) in [4.78, 5) is 2.54. The zero-order chi connectivity index (χ0) is 14.9. The summed E-state index contributed by atoms with van der Waals surface area (Å²) in [5.41, 5.74) is 0.601. The third-order valence-corrected chi connectivity index (χ3v) is 5.85. The molecule has 1 atom stereocenters. The standard InChI is InChI=1S/C13H23N3O3S/c1-4-15-5-6-16(8-11(15)2)20(18,19)13-7-12(10-17)14(3)9-13/h7,9,11,17H,4-6,8,10H2,1-3H3. The van der Waals surface area contributed by atoms with Crippen LogP contribution >= 0.6 is 0 Å². The molecule has 1 aromatic heterocycles. The highest BCUT2D eigenvalue weighted by Crippen LogP contribution is 2.21. The van der Waals surface area contributed by atoms with Gasteiger partial charge in [0, 0.05) is 44.6 Å². The summed E-state index contributed by atoms with van der Waals surface area (Å²) < 4.78 is 28.4. The Labute approximate surface area is 120 Å². The van der Waals surface area contributed by atoms with E-state index in [0.717, 1.165) is 13.1 Å². The van der Waals surface area contributed by atoms with Gasteiger partial charge in [-0.25, -0.2) is 8.42 Å². The summed E-state index contributed by atoms with van der Waals surface area (Å²) in [7, 11) is -1.73. The molecule has 1 N–H and O–H groups in total. The number of aromatic nitrogens is 1. The maximum atomic E-state index is 12.6. The molecule has 114 valence electrons. The Morgan fingerprint density at radius 3 is 2.60 bits per heavy atom. The van der Waals surface area contributed by atoms with Crippen LogP contribution in [0.1, 0.15) is 19.5 Å². The second-order valence-corrected chi connectivity index (χ2v) is 7.21. The fourth-order valence-electron chi connectivity index (χ4n) is 2.67.